The van der Waals surface area contributed by atoms with Crippen LogP contribution in [0, 0.1) is 10.7 Å². The summed E-state index contributed by atoms with van der Waals surface area (Å²) in [7, 11) is 1.09. The van der Waals surface area contributed by atoms with Gasteiger partial charge in [-0.1, -0.05) is 0 Å². The van der Waals surface area contributed by atoms with Crippen molar-refractivity contribution in [3.05, 3.63) is 34.0 Å². The molecule has 0 saturated heterocycles. The highest BCUT2D eigenvalue weighted by atomic mass is 19.1. The fourth-order valence-corrected chi connectivity index (χ4v) is 1.52. The van der Waals surface area contributed by atoms with Gasteiger partial charge in [0.25, 0.3) is 5.69 Å². The van der Waals surface area contributed by atoms with Gasteiger partial charge in [-0.05, 0) is 12.5 Å². The molecule has 96 valence electrons. The number of carbonyl (C=O) groups excluding carboxylic acids is 1. The van der Waals surface area contributed by atoms with Crippen LogP contribution in [0.1, 0.15) is 22.3 Å². The summed E-state index contributed by atoms with van der Waals surface area (Å²) in [6.45, 7) is 0. The lowest BCUT2D eigenvalue weighted by Gasteiger charge is -2.07. The van der Waals surface area contributed by atoms with Crippen LogP contribution in [0.4, 0.5) is 10.1 Å². The van der Waals surface area contributed by atoms with E-state index in [1.54, 1.807) is 0 Å². The van der Waals surface area contributed by atoms with E-state index >= 15 is 0 Å². The van der Waals surface area contributed by atoms with Gasteiger partial charge in [-0.15, -0.1) is 0 Å². The molecule has 0 aliphatic carbocycles. The smallest absolute Gasteiger partial charge is 0.345 e. The van der Waals surface area contributed by atoms with Crippen LogP contribution in [0.5, 0.6) is 0 Å². The number of ether oxygens (including phenoxy) is 1. The minimum Gasteiger partial charge on any atom is -0.481 e. The zero-order chi connectivity index (χ0) is 13.7. The number of carbonyl (C=O) groups is 2. The molecule has 0 unspecified atom stereocenters. The third-order valence-corrected chi connectivity index (χ3v) is 2.34. The Morgan fingerprint density at radius 2 is 2.11 bits per heavy atom. The summed E-state index contributed by atoms with van der Waals surface area (Å²) >= 11 is 0. The number of nitrogens with one attached hydrogen (secondary N) is 1. The molecule has 1 rings (SSSR count). The Bertz CT molecular complexity index is 500. The molecule has 0 amide bonds. The molecule has 1 aromatic rings. The molecule has 7 heteroatoms. The first-order valence-electron chi connectivity index (χ1n) is 5.01. The molecule has 0 aliphatic heterocycles. The van der Waals surface area contributed by atoms with Crippen LogP contribution in [0.25, 0.3) is 0 Å². The number of nitroso groups, excluding NO2 is 1. The van der Waals surface area contributed by atoms with Crippen LogP contribution in [-0.4, -0.2) is 24.2 Å². The molecule has 1 aromatic carbocycles. The lowest BCUT2D eigenvalue weighted by atomic mass is 10.0. The number of benzene rings is 1. The van der Waals surface area contributed by atoms with Crippen molar-refractivity contribution >= 4 is 17.6 Å². The zero-order valence-electron chi connectivity index (χ0n) is 9.53. The lowest BCUT2D eigenvalue weighted by molar-refractivity contribution is -0.379. The van der Waals surface area contributed by atoms with Crippen LogP contribution in [-0.2, 0) is 16.0 Å². The number of hydrogen-bond acceptors (Lipinski definition) is 4. The van der Waals surface area contributed by atoms with Gasteiger partial charge in [-0.3, -0.25) is 4.79 Å². The molecule has 0 spiro atoms. The lowest BCUT2D eigenvalue weighted by Crippen LogP contribution is -2.57. The highest BCUT2D eigenvalue weighted by Gasteiger charge is 2.25. The van der Waals surface area contributed by atoms with E-state index in [-0.39, 0.29) is 29.7 Å². The second-order valence-corrected chi connectivity index (χ2v) is 3.44. The van der Waals surface area contributed by atoms with Crippen LogP contribution in [0.3, 0.4) is 0 Å². The van der Waals surface area contributed by atoms with E-state index in [0.717, 1.165) is 19.2 Å². The van der Waals surface area contributed by atoms with Gasteiger partial charge in [-0.25, -0.2) is 9.18 Å². The minimum atomic E-state index is -1.13. The predicted octanol–water partition coefficient (Wildman–Crippen LogP) is 0.108. The van der Waals surface area contributed by atoms with E-state index in [0.29, 0.717) is 0 Å². The van der Waals surface area contributed by atoms with Crippen molar-refractivity contribution in [1.82, 2.24) is 0 Å². The van der Waals surface area contributed by atoms with Gasteiger partial charge in [0.1, 0.15) is 11.4 Å². The predicted molar refractivity (Wildman–Crippen MR) is 57.7 cm³/mol. The van der Waals surface area contributed by atoms with Crippen molar-refractivity contribution in [2.24, 2.45) is 0 Å². The molecule has 0 bridgehead atoms. The minimum absolute atomic E-state index is 0.148. The third kappa shape index (κ3) is 2.88. The molecule has 6 nitrogen and oxygen atoms in total. The van der Waals surface area contributed by atoms with Crippen molar-refractivity contribution in [2.75, 3.05) is 7.11 Å². The van der Waals surface area contributed by atoms with Gasteiger partial charge in [0, 0.05) is 28.1 Å². The first-order chi connectivity index (χ1) is 8.51. The van der Waals surface area contributed by atoms with E-state index in [9.17, 15) is 18.9 Å². The number of methoxy groups -OCH3 is 1. The normalized spacial score (nSPS) is 9.89. The van der Waals surface area contributed by atoms with E-state index in [1.165, 1.54) is 5.18 Å². The third-order valence-electron chi connectivity index (χ3n) is 2.34. The molecular formula is C11H11FNO5+. The average Bonchev–Trinajstić information content (AvgIpc) is 2.35. The van der Waals surface area contributed by atoms with Crippen LogP contribution < -0.4 is 5.18 Å². The summed E-state index contributed by atoms with van der Waals surface area (Å²) in [4.78, 5) is 32.6. The number of carboxylic acids is 1. The summed E-state index contributed by atoms with van der Waals surface area (Å²) in [5.41, 5.74) is -0.567. The number of halogens is 1. The van der Waals surface area contributed by atoms with E-state index in [1.807, 2.05) is 0 Å². The van der Waals surface area contributed by atoms with Crippen LogP contribution in [0.15, 0.2) is 12.1 Å². The Balaban J connectivity index is 3.30. The Morgan fingerprint density at radius 1 is 1.44 bits per heavy atom. The van der Waals surface area contributed by atoms with Crippen molar-refractivity contribution in [1.29, 1.82) is 0 Å². The van der Waals surface area contributed by atoms with Gasteiger partial charge in [0.2, 0.25) is 0 Å². The van der Waals surface area contributed by atoms with Gasteiger partial charge < -0.3 is 9.84 Å². The second kappa shape index (κ2) is 5.85. The van der Waals surface area contributed by atoms with E-state index in [4.69, 9.17) is 5.11 Å². The number of hydrogen-bond donors (Lipinski definition) is 2. The fraction of sp³-hybridized carbons (Fsp3) is 0.273. The Hall–Kier alpha value is -2.31. The summed E-state index contributed by atoms with van der Waals surface area (Å²) in [5, 5.41) is 10.1. The van der Waals surface area contributed by atoms with Crippen LogP contribution in [0.2, 0.25) is 0 Å². The Kier molecular flexibility index (Phi) is 4.47. The maximum absolute atomic E-state index is 13.6. The average molecular weight is 256 g/mol. The molecule has 0 fully saturated rings. The molecule has 0 radical (unpaired) electrons. The number of esters is 1. The SMILES string of the molecule is COC(=O)c1c([NH+]=O)ccc(F)c1CCC(=O)O. The fourth-order valence-electron chi connectivity index (χ4n) is 1.52. The second-order valence-electron chi connectivity index (χ2n) is 3.44. The zero-order valence-corrected chi connectivity index (χ0v) is 9.53. The van der Waals surface area contributed by atoms with E-state index < -0.39 is 17.8 Å². The topological polar surface area (TPSA) is 94.6 Å². The summed E-state index contributed by atoms with van der Waals surface area (Å²) < 4.78 is 18.0. The van der Waals surface area contributed by atoms with Crippen molar-refractivity contribution in [3.8, 4) is 0 Å². The summed E-state index contributed by atoms with van der Waals surface area (Å²) in [6, 6.07) is 2.09. The molecule has 0 aliphatic rings. The molecular weight excluding hydrogens is 245 g/mol. The Morgan fingerprint density at radius 3 is 2.61 bits per heavy atom. The monoisotopic (exact) mass is 256 g/mol. The molecule has 18 heavy (non-hydrogen) atoms. The standard InChI is InChI=1S/C11H10FNO5/c1-18-11(16)10-6(2-5-9(14)15)7(12)3-4-8(10)13-17/h3-4H,2,5H2,1H3,(H,14,15)/p+1. The highest BCUT2D eigenvalue weighted by molar-refractivity contribution is 5.95. The molecule has 0 aromatic heterocycles. The maximum Gasteiger partial charge on any atom is 0.345 e. The van der Waals surface area contributed by atoms with Crippen LogP contribution >= 0.6 is 0 Å². The van der Waals surface area contributed by atoms with Gasteiger partial charge in [0.05, 0.1) is 7.11 Å². The first kappa shape index (κ1) is 13.8. The number of rotatable bonds is 5. The highest BCUT2D eigenvalue weighted by Crippen LogP contribution is 2.22. The molecule has 2 N–H and O–H groups in total. The van der Waals surface area contributed by atoms with Crippen molar-refractivity contribution < 1.29 is 29.0 Å². The largest absolute Gasteiger partial charge is 0.481 e. The number of carboxylic acid groups (broad SMARTS) is 1. The quantitative estimate of drug-likeness (QED) is 0.729. The van der Waals surface area contributed by atoms with Crippen molar-refractivity contribution in [2.45, 2.75) is 12.8 Å². The van der Waals surface area contributed by atoms with Gasteiger partial charge in [0.15, 0.2) is 0 Å². The molecule has 0 atom stereocenters. The Labute approximate surface area is 101 Å². The van der Waals surface area contributed by atoms with Crippen molar-refractivity contribution in [3.63, 3.8) is 0 Å². The summed E-state index contributed by atoms with van der Waals surface area (Å²) in [5.74, 6) is -2.78. The number of aliphatic carboxylic acids is 1. The van der Waals surface area contributed by atoms with E-state index in [2.05, 4.69) is 4.74 Å². The van der Waals surface area contributed by atoms with Gasteiger partial charge >= 0.3 is 11.9 Å². The maximum atomic E-state index is 13.6. The summed E-state index contributed by atoms with van der Waals surface area (Å²) in [6.07, 6.45) is -0.565. The first-order valence-corrected chi connectivity index (χ1v) is 5.01. The molecule has 0 heterocycles. The molecule has 0 saturated carbocycles. The van der Waals surface area contributed by atoms with Gasteiger partial charge in [-0.2, -0.15) is 0 Å².